The van der Waals surface area contributed by atoms with Crippen molar-refractivity contribution in [1.82, 2.24) is 15.4 Å². The van der Waals surface area contributed by atoms with Crippen LogP contribution in [0.1, 0.15) is 5.69 Å². The van der Waals surface area contributed by atoms with Gasteiger partial charge >= 0.3 is 0 Å². The van der Waals surface area contributed by atoms with Gasteiger partial charge in [-0.25, -0.2) is 20.2 Å². The SMILES string of the molecule is Cc1cc(SCC(=O)NN)nc(-c2ccc(F)cc2)n1. The van der Waals surface area contributed by atoms with Crippen molar-refractivity contribution < 1.29 is 9.18 Å². The summed E-state index contributed by atoms with van der Waals surface area (Å²) in [7, 11) is 0. The number of nitrogens with two attached hydrogens (primary N) is 1. The van der Waals surface area contributed by atoms with Crippen LogP contribution in [0, 0.1) is 12.7 Å². The van der Waals surface area contributed by atoms with Gasteiger partial charge in [-0.3, -0.25) is 10.2 Å². The molecular formula is C13H13FN4OS. The number of amides is 1. The van der Waals surface area contributed by atoms with Gasteiger partial charge in [0.25, 0.3) is 0 Å². The number of thioether (sulfide) groups is 1. The maximum absolute atomic E-state index is 12.9. The first-order valence-corrected chi connectivity index (χ1v) is 6.81. The molecule has 0 saturated heterocycles. The molecule has 104 valence electrons. The highest BCUT2D eigenvalue weighted by atomic mass is 32.2. The Balaban J connectivity index is 2.24. The van der Waals surface area contributed by atoms with E-state index in [1.54, 1.807) is 18.2 Å². The third-order valence-electron chi connectivity index (χ3n) is 2.45. The lowest BCUT2D eigenvalue weighted by Gasteiger charge is -2.05. The van der Waals surface area contributed by atoms with E-state index in [2.05, 4.69) is 15.4 Å². The van der Waals surface area contributed by atoms with E-state index in [9.17, 15) is 9.18 Å². The zero-order valence-electron chi connectivity index (χ0n) is 10.8. The maximum atomic E-state index is 12.9. The molecule has 0 saturated carbocycles. The molecule has 1 heterocycles. The lowest BCUT2D eigenvalue weighted by molar-refractivity contribution is -0.118. The summed E-state index contributed by atoms with van der Waals surface area (Å²) in [5.41, 5.74) is 3.55. The van der Waals surface area contributed by atoms with Gasteiger partial charge in [-0.1, -0.05) is 11.8 Å². The van der Waals surface area contributed by atoms with Crippen molar-refractivity contribution >= 4 is 17.7 Å². The number of halogens is 1. The smallest absolute Gasteiger partial charge is 0.244 e. The van der Waals surface area contributed by atoms with Crippen molar-refractivity contribution in [2.75, 3.05) is 5.75 Å². The number of hydrazine groups is 1. The maximum Gasteiger partial charge on any atom is 0.244 e. The van der Waals surface area contributed by atoms with Crippen LogP contribution in [0.5, 0.6) is 0 Å². The van der Waals surface area contributed by atoms with E-state index < -0.39 is 0 Å². The molecule has 1 aromatic carbocycles. The fourth-order valence-electron chi connectivity index (χ4n) is 1.52. The molecule has 0 atom stereocenters. The molecule has 1 amide bonds. The topological polar surface area (TPSA) is 80.9 Å². The van der Waals surface area contributed by atoms with Crippen LogP contribution in [0.15, 0.2) is 35.4 Å². The normalized spacial score (nSPS) is 10.3. The zero-order chi connectivity index (χ0) is 14.5. The van der Waals surface area contributed by atoms with E-state index in [4.69, 9.17) is 5.84 Å². The number of carbonyl (C=O) groups excluding carboxylic acids is 1. The second-order valence-corrected chi connectivity index (χ2v) is 5.03. The molecule has 0 radical (unpaired) electrons. The molecule has 7 heteroatoms. The van der Waals surface area contributed by atoms with E-state index in [-0.39, 0.29) is 17.5 Å². The highest BCUT2D eigenvalue weighted by molar-refractivity contribution is 7.99. The molecule has 0 aliphatic rings. The lowest BCUT2D eigenvalue weighted by atomic mass is 10.2. The number of aromatic nitrogens is 2. The van der Waals surface area contributed by atoms with E-state index in [0.29, 0.717) is 10.9 Å². The van der Waals surface area contributed by atoms with E-state index in [0.717, 1.165) is 11.3 Å². The molecular weight excluding hydrogens is 279 g/mol. The number of hydrogen-bond donors (Lipinski definition) is 2. The summed E-state index contributed by atoms with van der Waals surface area (Å²) >= 11 is 1.26. The van der Waals surface area contributed by atoms with Crippen LogP contribution in [-0.2, 0) is 4.79 Å². The van der Waals surface area contributed by atoms with Crippen LogP contribution in [0.3, 0.4) is 0 Å². The third kappa shape index (κ3) is 3.75. The first-order chi connectivity index (χ1) is 9.58. The Morgan fingerprint density at radius 2 is 2.05 bits per heavy atom. The fraction of sp³-hybridized carbons (Fsp3) is 0.154. The molecule has 2 aromatic rings. The Hall–Kier alpha value is -1.99. The van der Waals surface area contributed by atoms with Gasteiger partial charge in [0.2, 0.25) is 5.91 Å². The minimum atomic E-state index is -0.310. The van der Waals surface area contributed by atoms with E-state index in [1.807, 2.05) is 6.92 Å². The quantitative estimate of drug-likeness (QED) is 0.294. The predicted molar refractivity (Wildman–Crippen MR) is 75.2 cm³/mol. The standard InChI is InChI=1S/C13H13FN4OS/c1-8-6-12(20-7-11(19)18-15)17-13(16-8)9-2-4-10(14)5-3-9/h2-6H,7,15H2,1H3,(H,18,19). The third-order valence-corrected chi connectivity index (χ3v) is 3.36. The molecule has 20 heavy (non-hydrogen) atoms. The molecule has 0 aliphatic carbocycles. The average Bonchev–Trinajstić information content (AvgIpc) is 2.45. The number of carbonyl (C=O) groups is 1. The molecule has 0 bridgehead atoms. The molecule has 5 nitrogen and oxygen atoms in total. The predicted octanol–water partition coefficient (Wildman–Crippen LogP) is 1.67. The van der Waals surface area contributed by atoms with Crippen molar-refractivity contribution in [1.29, 1.82) is 0 Å². The van der Waals surface area contributed by atoms with Crippen molar-refractivity contribution in [3.8, 4) is 11.4 Å². The van der Waals surface area contributed by atoms with Crippen molar-refractivity contribution in [2.45, 2.75) is 11.9 Å². The van der Waals surface area contributed by atoms with Crippen LogP contribution in [0.2, 0.25) is 0 Å². The summed E-state index contributed by atoms with van der Waals surface area (Å²) in [6, 6.07) is 7.73. The largest absolute Gasteiger partial charge is 0.294 e. The Bertz CT molecular complexity index is 618. The Kier molecular flexibility index (Phi) is 4.65. The number of benzene rings is 1. The first-order valence-electron chi connectivity index (χ1n) is 5.82. The van der Waals surface area contributed by atoms with Gasteiger partial charge < -0.3 is 0 Å². The van der Waals surface area contributed by atoms with Gasteiger partial charge in [0.15, 0.2) is 5.82 Å². The lowest BCUT2D eigenvalue weighted by Crippen LogP contribution is -2.31. The summed E-state index contributed by atoms with van der Waals surface area (Å²) in [6.45, 7) is 1.84. The van der Waals surface area contributed by atoms with Gasteiger partial charge in [-0.05, 0) is 37.3 Å². The van der Waals surface area contributed by atoms with Crippen LogP contribution < -0.4 is 11.3 Å². The number of nitrogens with zero attached hydrogens (tertiary/aromatic N) is 2. The molecule has 0 fully saturated rings. The fourth-order valence-corrected chi connectivity index (χ4v) is 2.29. The zero-order valence-corrected chi connectivity index (χ0v) is 11.6. The van der Waals surface area contributed by atoms with Gasteiger partial charge in [0, 0.05) is 11.3 Å². The molecule has 3 N–H and O–H groups in total. The number of aryl methyl sites for hydroxylation is 1. The second kappa shape index (κ2) is 6.44. The summed E-state index contributed by atoms with van der Waals surface area (Å²) < 4.78 is 12.9. The van der Waals surface area contributed by atoms with E-state index >= 15 is 0 Å². The van der Waals surface area contributed by atoms with Crippen molar-refractivity contribution in [2.24, 2.45) is 5.84 Å². The molecule has 2 rings (SSSR count). The van der Waals surface area contributed by atoms with Gasteiger partial charge in [0.1, 0.15) is 10.8 Å². The average molecular weight is 292 g/mol. The van der Waals surface area contributed by atoms with Crippen LogP contribution in [-0.4, -0.2) is 21.6 Å². The minimum absolute atomic E-state index is 0.176. The van der Waals surface area contributed by atoms with Gasteiger partial charge in [-0.15, -0.1) is 0 Å². The summed E-state index contributed by atoms with van der Waals surface area (Å²) in [4.78, 5) is 19.8. The molecule has 0 unspecified atom stereocenters. The molecule has 0 aliphatic heterocycles. The van der Waals surface area contributed by atoms with Crippen molar-refractivity contribution in [3.05, 3.63) is 41.8 Å². The number of hydrogen-bond acceptors (Lipinski definition) is 5. The highest BCUT2D eigenvalue weighted by Gasteiger charge is 2.07. The van der Waals surface area contributed by atoms with Gasteiger partial charge in [-0.2, -0.15) is 0 Å². The molecule has 1 aromatic heterocycles. The van der Waals surface area contributed by atoms with Gasteiger partial charge in [0.05, 0.1) is 5.75 Å². The summed E-state index contributed by atoms with van der Waals surface area (Å²) in [5.74, 6) is 5.10. The van der Waals surface area contributed by atoms with E-state index in [1.165, 1.54) is 23.9 Å². The molecule has 0 spiro atoms. The Labute approximate surface area is 119 Å². The van der Waals surface area contributed by atoms with Crippen LogP contribution in [0.4, 0.5) is 4.39 Å². The minimum Gasteiger partial charge on any atom is -0.294 e. The summed E-state index contributed by atoms with van der Waals surface area (Å²) in [5, 5.41) is 0.667. The highest BCUT2D eigenvalue weighted by Crippen LogP contribution is 2.21. The van der Waals surface area contributed by atoms with Crippen molar-refractivity contribution in [3.63, 3.8) is 0 Å². The monoisotopic (exact) mass is 292 g/mol. The first kappa shape index (κ1) is 14.4. The van der Waals surface area contributed by atoms with Crippen LogP contribution >= 0.6 is 11.8 Å². The number of nitrogens with one attached hydrogen (secondary N) is 1. The Morgan fingerprint density at radius 1 is 1.35 bits per heavy atom. The van der Waals surface area contributed by atoms with Crippen LogP contribution in [0.25, 0.3) is 11.4 Å². The number of rotatable bonds is 4. The summed E-state index contributed by atoms with van der Waals surface area (Å²) in [6.07, 6.45) is 0. The second-order valence-electron chi connectivity index (χ2n) is 4.03. The Morgan fingerprint density at radius 3 is 2.70 bits per heavy atom.